The molecule has 0 saturated carbocycles. The van der Waals surface area contributed by atoms with Crippen LogP contribution in [0.4, 0.5) is 0 Å². The van der Waals surface area contributed by atoms with E-state index in [1.807, 2.05) is 13.0 Å². The molecule has 1 rings (SSSR count). The van der Waals surface area contributed by atoms with E-state index in [-0.39, 0.29) is 6.54 Å². The van der Waals surface area contributed by atoms with Crippen molar-refractivity contribution in [3.63, 3.8) is 0 Å². The van der Waals surface area contributed by atoms with Crippen molar-refractivity contribution in [1.82, 2.24) is 5.32 Å². The van der Waals surface area contributed by atoms with Crippen molar-refractivity contribution in [3.05, 3.63) is 33.8 Å². The van der Waals surface area contributed by atoms with Gasteiger partial charge in [-0.15, -0.1) is 0 Å². The minimum Gasteiger partial charge on any atom is -0.479 e. The molecule has 0 saturated heterocycles. The lowest BCUT2D eigenvalue weighted by Gasteiger charge is -2.09. The summed E-state index contributed by atoms with van der Waals surface area (Å²) in [5, 5.41) is 19.8. The molecule has 0 fully saturated rings. The largest absolute Gasteiger partial charge is 0.479 e. The lowest BCUT2D eigenvalue weighted by molar-refractivity contribution is -0.146. The summed E-state index contributed by atoms with van der Waals surface area (Å²) in [5.74, 6) is -1.80. The number of hydrogen-bond acceptors (Lipinski definition) is 3. The van der Waals surface area contributed by atoms with Crippen LogP contribution in [0.1, 0.15) is 15.9 Å². The molecule has 0 heterocycles. The van der Waals surface area contributed by atoms with Gasteiger partial charge >= 0.3 is 5.97 Å². The molecule has 0 radical (unpaired) electrons. The molecule has 0 aliphatic carbocycles. The van der Waals surface area contributed by atoms with Gasteiger partial charge in [0.1, 0.15) is 0 Å². The summed E-state index contributed by atoms with van der Waals surface area (Å²) in [4.78, 5) is 22.1. The van der Waals surface area contributed by atoms with E-state index in [2.05, 4.69) is 21.2 Å². The van der Waals surface area contributed by atoms with E-state index in [0.717, 1.165) is 5.56 Å². The first-order valence-electron chi connectivity index (χ1n) is 4.87. The Kier molecular flexibility index (Phi) is 4.65. The molecular formula is C11H12BrNO4. The van der Waals surface area contributed by atoms with Crippen molar-refractivity contribution in [2.45, 2.75) is 13.0 Å². The standard InChI is InChI=1S/C11H12BrNO4/c1-6-3-2-4-7(9(6)12)10(15)13-5-8(14)11(16)17/h2-4,8,14H,5H2,1H3,(H,13,15)(H,16,17)/t8-/m0/s1. The van der Waals surface area contributed by atoms with E-state index in [1.165, 1.54) is 0 Å². The molecule has 17 heavy (non-hydrogen) atoms. The summed E-state index contributed by atoms with van der Waals surface area (Å²) in [6.07, 6.45) is -1.59. The van der Waals surface area contributed by atoms with E-state index in [0.29, 0.717) is 10.0 Å². The maximum absolute atomic E-state index is 11.7. The van der Waals surface area contributed by atoms with Gasteiger partial charge in [-0.2, -0.15) is 0 Å². The molecular weight excluding hydrogens is 290 g/mol. The Morgan fingerprint density at radius 1 is 1.47 bits per heavy atom. The minimum absolute atomic E-state index is 0.325. The molecule has 92 valence electrons. The highest BCUT2D eigenvalue weighted by atomic mass is 79.9. The van der Waals surface area contributed by atoms with E-state index in [4.69, 9.17) is 10.2 Å². The normalized spacial score (nSPS) is 11.9. The number of amides is 1. The van der Waals surface area contributed by atoms with Crippen LogP contribution >= 0.6 is 15.9 Å². The molecule has 0 unspecified atom stereocenters. The zero-order valence-electron chi connectivity index (χ0n) is 9.11. The van der Waals surface area contributed by atoms with Crippen molar-refractivity contribution < 1.29 is 19.8 Å². The summed E-state index contributed by atoms with van der Waals surface area (Å²) in [6.45, 7) is 1.52. The highest BCUT2D eigenvalue weighted by Crippen LogP contribution is 2.20. The number of aryl methyl sites for hydroxylation is 1. The fourth-order valence-electron chi connectivity index (χ4n) is 1.19. The number of carbonyl (C=O) groups is 2. The van der Waals surface area contributed by atoms with E-state index in [9.17, 15) is 9.59 Å². The molecule has 3 N–H and O–H groups in total. The van der Waals surface area contributed by atoms with Crippen LogP contribution in [0.15, 0.2) is 22.7 Å². The Hall–Kier alpha value is -1.40. The van der Waals surface area contributed by atoms with Crippen LogP contribution in [0.2, 0.25) is 0 Å². The topological polar surface area (TPSA) is 86.6 Å². The number of carboxylic acids is 1. The third-order valence-electron chi connectivity index (χ3n) is 2.18. The van der Waals surface area contributed by atoms with Crippen LogP contribution < -0.4 is 5.32 Å². The van der Waals surface area contributed by atoms with Crippen LogP contribution in [0, 0.1) is 6.92 Å². The van der Waals surface area contributed by atoms with E-state index >= 15 is 0 Å². The number of halogens is 1. The molecule has 0 aliphatic rings. The van der Waals surface area contributed by atoms with Crippen LogP contribution in [0.5, 0.6) is 0 Å². The molecule has 1 atom stereocenters. The Morgan fingerprint density at radius 3 is 2.71 bits per heavy atom. The lowest BCUT2D eigenvalue weighted by atomic mass is 10.1. The van der Waals surface area contributed by atoms with Crippen LogP contribution in [-0.4, -0.2) is 34.7 Å². The summed E-state index contributed by atoms with van der Waals surface area (Å²) in [5.41, 5.74) is 1.30. The maximum Gasteiger partial charge on any atom is 0.334 e. The molecule has 1 aromatic rings. The van der Waals surface area contributed by atoms with Crippen molar-refractivity contribution in [2.24, 2.45) is 0 Å². The highest BCUT2D eigenvalue weighted by Gasteiger charge is 2.16. The molecule has 0 aliphatic heterocycles. The number of benzene rings is 1. The smallest absolute Gasteiger partial charge is 0.334 e. The first kappa shape index (κ1) is 13.7. The zero-order chi connectivity index (χ0) is 13.0. The van der Waals surface area contributed by atoms with Gasteiger partial charge in [-0.1, -0.05) is 12.1 Å². The number of aliphatic hydroxyl groups is 1. The number of carbonyl (C=O) groups excluding carboxylic acids is 1. The third kappa shape index (κ3) is 3.54. The second-order valence-corrected chi connectivity index (χ2v) is 4.29. The van der Waals surface area contributed by atoms with Gasteiger partial charge < -0.3 is 15.5 Å². The Bertz CT molecular complexity index is 447. The van der Waals surface area contributed by atoms with Crippen LogP contribution in [0.3, 0.4) is 0 Å². The van der Waals surface area contributed by atoms with Gasteiger partial charge in [-0.05, 0) is 34.5 Å². The number of aliphatic hydroxyl groups excluding tert-OH is 1. The second kappa shape index (κ2) is 5.79. The van der Waals surface area contributed by atoms with Gasteiger partial charge in [-0.25, -0.2) is 4.79 Å². The summed E-state index contributed by atoms with van der Waals surface area (Å²) in [7, 11) is 0. The molecule has 1 aromatic carbocycles. The number of nitrogens with one attached hydrogen (secondary N) is 1. The van der Waals surface area contributed by atoms with E-state index in [1.54, 1.807) is 12.1 Å². The average molecular weight is 302 g/mol. The highest BCUT2D eigenvalue weighted by molar-refractivity contribution is 9.10. The van der Waals surface area contributed by atoms with Gasteiger partial charge in [0.05, 0.1) is 12.1 Å². The lowest BCUT2D eigenvalue weighted by Crippen LogP contribution is -2.36. The Labute approximate surface area is 107 Å². The van der Waals surface area contributed by atoms with Crippen LogP contribution in [0.25, 0.3) is 0 Å². The Morgan fingerprint density at radius 2 is 2.12 bits per heavy atom. The Balaban J connectivity index is 2.71. The average Bonchev–Trinajstić information content (AvgIpc) is 2.29. The van der Waals surface area contributed by atoms with Crippen LogP contribution in [-0.2, 0) is 4.79 Å². The molecule has 0 aromatic heterocycles. The predicted octanol–water partition coefficient (Wildman–Crippen LogP) is 0.933. The molecule has 6 heteroatoms. The molecule has 5 nitrogen and oxygen atoms in total. The summed E-state index contributed by atoms with van der Waals surface area (Å²) in [6, 6.07) is 5.18. The van der Waals surface area contributed by atoms with Gasteiger partial charge in [0, 0.05) is 4.47 Å². The zero-order valence-corrected chi connectivity index (χ0v) is 10.7. The van der Waals surface area contributed by atoms with Gasteiger partial charge in [0.2, 0.25) is 0 Å². The van der Waals surface area contributed by atoms with Crippen molar-refractivity contribution >= 4 is 27.8 Å². The minimum atomic E-state index is -1.59. The summed E-state index contributed by atoms with van der Waals surface area (Å²) < 4.78 is 0.655. The monoisotopic (exact) mass is 301 g/mol. The van der Waals surface area contributed by atoms with E-state index < -0.39 is 18.0 Å². The quantitative estimate of drug-likeness (QED) is 0.772. The molecule has 0 bridgehead atoms. The SMILES string of the molecule is Cc1cccc(C(=O)NC[C@H](O)C(=O)O)c1Br. The van der Waals surface area contributed by atoms with Crippen molar-refractivity contribution in [1.29, 1.82) is 0 Å². The summed E-state index contributed by atoms with van der Waals surface area (Å²) >= 11 is 3.28. The third-order valence-corrected chi connectivity index (χ3v) is 3.23. The van der Waals surface area contributed by atoms with Gasteiger partial charge in [-0.3, -0.25) is 4.79 Å². The second-order valence-electron chi connectivity index (χ2n) is 3.50. The predicted molar refractivity (Wildman–Crippen MR) is 64.9 cm³/mol. The molecule has 1 amide bonds. The molecule has 0 spiro atoms. The first-order valence-corrected chi connectivity index (χ1v) is 5.67. The van der Waals surface area contributed by atoms with Crippen molar-refractivity contribution in [2.75, 3.05) is 6.54 Å². The number of rotatable bonds is 4. The maximum atomic E-state index is 11.7. The van der Waals surface area contributed by atoms with Gasteiger partial charge in [0.25, 0.3) is 5.91 Å². The number of aliphatic carboxylic acids is 1. The fourth-order valence-corrected chi connectivity index (χ4v) is 1.64. The van der Waals surface area contributed by atoms with Gasteiger partial charge in [0.15, 0.2) is 6.10 Å². The first-order chi connectivity index (χ1) is 7.93. The number of carboxylic acid groups (broad SMARTS) is 1. The number of hydrogen-bond donors (Lipinski definition) is 3. The fraction of sp³-hybridized carbons (Fsp3) is 0.273. The van der Waals surface area contributed by atoms with Crippen molar-refractivity contribution in [3.8, 4) is 0 Å².